The minimum Gasteiger partial charge on any atom is -0.352 e. The minimum absolute atomic E-state index is 0.0789. The first kappa shape index (κ1) is 17.7. The smallest absolute Gasteiger partial charge is 0.252 e. The second-order valence-corrected chi connectivity index (χ2v) is 7.80. The van der Waals surface area contributed by atoms with Gasteiger partial charge in [0, 0.05) is 16.8 Å². The number of amides is 1. The van der Waals surface area contributed by atoms with Gasteiger partial charge in [0.1, 0.15) is 0 Å². The highest BCUT2D eigenvalue weighted by Crippen LogP contribution is 2.16. The molecule has 0 fully saturated rings. The van der Waals surface area contributed by atoms with E-state index in [1.165, 1.54) is 17.0 Å². The number of aryl methyl sites for hydroxylation is 1. The van der Waals surface area contributed by atoms with Gasteiger partial charge in [-0.2, -0.15) is 0 Å². The standard InChI is InChI=1S/C16H20N2O3S2/c1-2-3-14-10-13(11-22-14)16(19)18-9-8-12-4-6-15(7-5-12)23(17,20)21/h4-7,10-11H,2-3,8-9H2,1H3,(H,18,19)(H2,17,20,21). The molecule has 0 spiro atoms. The van der Waals surface area contributed by atoms with Gasteiger partial charge in [0.2, 0.25) is 10.0 Å². The van der Waals surface area contributed by atoms with Crippen molar-refractivity contribution in [3.8, 4) is 0 Å². The lowest BCUT2D eigenvalue weighted by atomic mass is 10.1. The summed E-state index contributed by atoms with van der Waals surface area (Å²) in [6.07, 6.45) is 2.69. The van der Waals surface area contributed by atoms with Gasteiger partial charge >= 0.3 is 0 Å². The molecule has 23 heavy (non-hydrogen) atoms. The first-order chi connectivity index (χ1) is 10.9. The Balaban J connectivity index is 1.85. The third kappa shape index (κ3) is 5.16. The summed E-state index contributed by atoms with van der Waals surface area (Å²) in [5.41, 5.74) is 1.64. The molecule has 124 valence electrons. The van der Waals surface area contributed by atoms with Crippen LogP contribution in [-0.2, 0) is 22.9 Å². The van der Waals surface area contributed by atoms with Gasteiger partial charge in [0.15, 0.2) is 0 Å². The molecular formula is C16H20N2O3S2. The summed E-state index contributed by atoms with van der Waals surface area (Å²) in [6.45, 7) is 2.60. The number of sulfonamides is 1. The predicted molar refractivity (Wildman–Crippen MR) is 92.2 cm³/mol. The van der Waals surface area contributed by atoms with E-state index >= 15 is 0 Å². The molecule has 0 radical (unpaired) electrons. The summed E-state index contributed by atoms with van der Waals surface area (Å²) in [7, 11) is -3.66. The monoisotopic (exact) mass is 352 g/mol. The second kappa shape index (κ2) is 7.72. The van der Waals surface area contributed by atoms with Crippen LogP contribution in [-0.4, -0.2) is 20.9 Å². The van der Waals surface area contributed by atoms with Crippen molar-refractivity contribution < 1.29 is 13.2 Å². The van der Waals surface area contributed by atoms with Crippen LogP contribution in [0.3, 0.4) is 0 Å². The summed E-state index contributed by atoms with van der Waals surface area (Å²) < 4.78 is 22.3. The number of rotatable bonds is 7. The fourth-order valence-electron chi connectivity index (χ4n) is 2.15. The summed E-state index contributed by atoms with van der Waals surface area (Å²) >= 11 is 1.61. The predicted octanol–water partition coefficient (Wildman–Crippen LogP) is 2.32. The number of benzene rings is 1. The van der Waals surface area contributed by atoms with E-state index < -0.39 is 10.0 Å². The maximum atomic E-state index is 12.0. The lowest BCUT2D eigenvalue weighted by Gasteiger charge is -2.05. The summed E-state index contributed by atoms with van der Waals surface area (Å²) in [6, 6.07) is 8.29. The van der Waals surface area contributed by atoms with Gasteiger partial charge in [-0.1, -0.05) is 25.5 Å². The molecule has 1 aromatic heterocycles. The minimum atomic E-state index is -3.66. The van der Waals surface area contributed by atoms with Crippen molar-refractivity contribution in [2.75, 3.05) is 6.54 Å². The van der Waals surface area contributed by atoms with Crippen LogP contribution in [0.25, 0.3) is 0 Å². The number of hydrogen-bond donors (Lipinski definition) is 2. The Hall–Kier alpha value is -1.70. The Morgan fingerprint density at radius 2 is 1.91 bits per heavy atom. The van der Waals surface area contributed by atoms with Crippen LogP contribution in [0.1, 0.15) is 34.1 Å². The normalized spacial score (nSPS) is 11.4. The van der Waals surface area contributed by atoms with Crippen LogP contribution >= 0.6 is 11.3 Å². The highest BCUT2D eigenvalue weighted by molar-refractivity contribution is 7.89. The topological polar surface area (TPSA) is 89.3 Å². The van der Waals surface area contributed by atoms with E-state index in [-0.39, 0.29) is 10.8 Å². The number of hydrogen-bond acceptors (Lipinski definition) is 4. The third-order valence-corrected chi connectivity index (χ3v) is 5.29. The number of primary sulfonamides is 1. The van der Waals surface area contributed by atoms with Crippen LogP contribution < -0.4 is 10.5 Å². The Morgan fingerprint density at radius 1 is 1.22 bits per heavy atom. The van der Waals surface area contributed by atoms with E-state index in [9.17, 15) is 13.2 Å². The molecule has 0 aliphatic heterocycles. The molecule has 0 aliphatic carbocycles. The maximum Gasteiger partial charge on any atom is 0.252 e. The van der Waals surface area contributed by atoms with Crippen LogP contribution in [0.5, 0.6) is 0 Å². The largest absolute Gasteiger partial charge is 0.352 e. The Morgan fingerprint density at radius 3 is 2.52 bits per heavy atom. The molecule has 1 amide bonds. The average molecular weight is 352 g/mol. The van der Waals surface area contributed by atoms with E-state index in [1.807, 2.05) is 11.4 Å². The van der Waals surface area contributed by atoms with Crippen LogP contribution in [0.15, 0.2) is 40.6 Å². The number of carbonyl (C=O) groups excluding carboxylic acids is 1. The molecule has 2 aromatic rings. The lowest BCUT2D eigenvalue weighted by molar-refractivity contribution is 0.0954. The molecule has 1 aromatic carbocycles. The molecule has 0 unspecified atom stereocenters. The molecule has 7 heteroatoms. The Labute approximate surface area is 140 Å². The third-order valence-electron chi connectivity index (χ3n) is 3.36. The van der Waals surface area contributed by atoms with Crippen molar-refractivity contribution in [3.05, 3.63) is 51.7 Å². The maximum absolute atomic E-state index is 12.0. The number of thiophene rings is 1. The van der Waals surface area contributed by atoms with Gasteiger partial charge in [-0.05, 0) is 36.6 Å². The first-order valence-electron chi connectivity index (χ1n) is 7.37. The molecule has 5 nitrogen and oxygen atoms in total. The van der Waals surface area contributed by atoms with Crippen LogP contribution in [0.2, 0.25) is 0 Å². The molecule has 1 heterocycles. The molecule has 0 saturated carbocycles. The number of nitrogens with two attached hydrogens (primary N) is 1. The molecule has 2 rings (SSSR count). The zero-order valence-electron chi connectivity index (χ0n) is 12.9. The van der Waals surface area contributed by atoms with E-state index in [0.717, 1.165) is 18.4 Å². The first-order valence-corrected chi connectivity index (χ1v) is 9.80. The second-order valence-electron chi connectivity index (χ2n) is 5.25. The Bertz CT molecular complexity index is 765. The fraction of sp³-hybridized carbons (Fsp3) is 0.312. The van der Waals surface area contributed by atoms with E-state index in [1.54, 1.807) is 23.5 Å². The lowest BCUT2D eigenvalue weighted by Crippen LogP contribution is -2.25. The zero-order chi connectivity index (χ0) is 16.9. The fourth-order valence-corrected chi connectivity index (χ4v) is 3.63. The van der Waals surface area contributed by atoms with Crippen molar-refractivity contribution in [1.82, 2.24) is 5.32 Å². The van der Waals surface area contributed by atoms with Crippen molar-refractivity contribution in [3.63, 3.8) is 0 Å². The Kier molecular flexibility index (Phi) is 5.92. The van der Waals surface area contributed by atoms with E-state index in [2.05, 4.69) is 12.2 Å². The summed E-state index contributed by atoms with van der Waals surface area (Å²) in [4.78, 5) is 13.3. The molecule has 0 saturated heterocycles. The number of carbonyl (C=O) groups is 1. The SMILES string of the molecule is CCCc1cc(C(=O)NCCc2ccc(S(N)(=O)=O)cc2)cs1. The summed E-state index contributed by atoms with van der Waals surface area (Å²) in [5.74, 6) is -0.0789. The molecule has 0 bridgehead atoms. The van der Waals surface area contributed by atoms with Gasteiger partial charge < -0.3 is 5.32 Å². The van der Waals surface area contributed by atoms with Crippen LogP contribution in [0, 0.1) is 0 Å². The molecule has 3 N–H and O–H groups in total. The van der Waals surface area contributed by atoms with Gasteiger partial charge in [0.25, 0.3) is 5.91 Å². The zero-order valence-corrected chi connectivity index (χ0v) is 14.5. The van der Waals surface area contributed by atoms with Gasteiger partial charge in [-0.25, -0.2) is 13.6 Å². The molecule has 0 aliphatic rings. The van der Waals surface area contributed by atoms with Crippen molar-refractivity contribution in [1.29, 1.82) is 0 Å². The van der Waals surface area contributed by atoms with E-state index in [0.29, 0.717) is 18.5 Å². The van der Waals surface area contributed by atoms with Crippen molar-refractivity contribution in [2.24, 2.45) is 5.14 Å². The highest BCUT2D eigenvalue weighted by atomic mass is 32.2. The van der Waals surface area contributed by atoms with Gasteiger partial charge in [0.05, 0.1) is 10.5 Å². The average Bonchev–Trinajstić information content (AvgIpc) is 2.96. The summed E-state index contributed by atoms with van der Waals surface area (Å²) in [5, 5.41) is 9.80. The van der Waals surface area contributed by atoms with Crippen molar-refractivity contribution >= 4 is 27.3 Å². The molecular weight excluding hydrogens is 332 g/mol. The van der Waals surface area contributed by atoms with Gasteiger partial charge in [-0.15, -0.1) is 11.3 Å². The molecule has 0 atom stereocenters. The van der Waals surface area contributed by atoms with Crippen molar-refractivity contribution in [2.45, 2.75) is 31.1 Å². The highest BCUT2D eigenvalue weighted by Gasteiger charge is 2.09. The van der Waals surface area contributed by atoms with Gasteiger partial charge in [-0.3, -0.25) is 4.79 Å². The van der Waals surface area contributed by atoms with E-state index in [4.69, 9.17) is 5.14 Å². The quantitative estimate of drug-likeness (QED) is 0.801. The van der Waals surface area contributed by atoms with Crippen LogP contribution in [0.4, 0.5) is 0 Å². The number of nitrogens with one attached hydrogen (secondary N) is 1.